The Balaban J connectivity index is 1.55. The van der Waals surface area contributed by atoms with E-state index in [1.165, 1.54) is 0 Å². The Hall–Kier alpha value is -3.44. The zero-order valence-corrected chi connectivity index (χ0v) is 18.1. The second kappa shape index (κ2) is 9.14. The molecule has 0 aliphatic heterocycles. The molecule has 0 radical (unpaired) electrons. The summed E-state index contributed by atoms with van der Waals surface area (Å²) in [7, 11) is 1.55. The monoisotopic (exact) mass is 434 g/mol. The molecule has 1 amide bonds. The molecular weight excluding hydrogens is 412 g/mol. The summed E-state index contributed by atoms with van der Waals surface area (Å²) in [4.78, 5) is 13.0. The van der Waals surface area contributed by atoms with Crippen molar-refractivity contribution in [3.63, 3.8) is 0 Å². The van der Waals surface area contributed by atoms with Crippen LogP contribution in [0.1, 0.15) is 18.5 Å². The molecule has 0 fully saturated rings. The van der Waals surface area contributed by atoms with Crippen molar-refractivity contribution in [1.29, 1.82) is 0 Å². The number of rotatable bonds is 7. The zero-order chi connectivity index (χ0) is 21.8. The SMILES string of the molecule is COc1ccc(Cl)cc1NC(=O)C(C)n1ccc2c(OCc3ccccc3)cccc21. The smallest absolute Gasteiger partial charge is 0.247 e. The van der Waals surface area contributed by atoms with Crippen molar-refractivity contribution >= 4 is 34.1 Å². The standard InChI is InChI=1S/C25H23ClN2O3/c1-17(25(29)27-21-15-19(26)11-12-24(21)30-2)28-14-13-20-22(28)9-6-10-23(20)31-16-18-7-4-3-5-8-18/h3-15,17H,16H2,1-2H3,(H,27,29). The Morgan fingerprint density at radius 1 is 1.03 bits per heavy atom. The van der Waals surface area contributed by atoms with Crippen molar-refractivity contribution < 1.29 is 14.3 Å². The number of ether oxygens (including phenoxy) is 2. The number of methoxy groups -OCH3 is 1. The molecule has 3 aromatic carbocycles. The van der Waals surface area contributed by atoms with Crippen LogP contribution in [0.5, 0.6) is 11.5 Å². The van der Waals surface area contributed by atoms with E-state index < -0.39 is 6.04 Å². The summed E-state index contributed by atoms with van der Waals surface area (Å²) in [5.74, 6) is 1.16. The third-order valence-corrected chi connectivity index (χ3v) is 5.41. The first kappa shape index (κ1) is 20.8. The van der Waals surface area contributed by atoms with Crippen molar-refractivity contribution in [2.45, 2.75) is 19.6 Å². The van der Waals surface area contributed by atoms with Gasteiger partial charge < -0.3 is 19.4 Å². The van der Waals surface area contributed by atoms with E-state index >= 15 is 0 Å². The van der Waals surface area contributed by atoms with Crippen molar-refractivity contribution in [3.05, 3.63) is 89.6 Å². The van der Waals surface area contributed by atoms with Gasteiger partial charge in [-0.2, -0.15) is 0 Å². The lowest BCUT2D eigenvalue weighted by Crippen LogP contribution is -2.23. The maximum Gasteiger partial charge on any atom is 0.247 e. The highest BCUT2D eigenvalue weighted by atomic mass is 35.5. The number of halogens is 1. The van der Waals surface area contributed by atoms with E-state index in [0.717, 1.165) is 22.2 Å². The fourth-order valence-electron chi connectivity index (χ4n) is 3.50. The summed E-state index contributed by atoms with van der Waals surface area (Å²) in [5, 5.41) is 4.40. The molecule has 4 rings (SSSR count). The van der Waals surface area contributed by atoms with Crippen LogP contribution in [0.4, 0.5) is 5.69 Å². The summed E-state index contributed by atoms with van der Waals surface area (Å²) in [6.45, 7) is 2.33. The van der Waals surface area contributed by atoms with E-state index in [2.05, 4.69) is 5.32 Å². The first-order valence-corrected chi connectivity index (χ1v) is 10.4. The molecule has 1 N–H and O–H groups in total. The molecule has 0 aliphatic carbocycles. The van der Waals surface area contributed by atoms with Gasteiger partial charge in [-0.15, -0.1) is 0 Å². The lowest BCUT2D eigenvalue weighted by Gasteiger charge is -2.17. The summed E-state index contributed by atoms with van der Waals surface area (Å²) in [6.07, 6.45) is 1.90. The Labute approximate surface area is 186 Å². The fraction of sp³-hybridized carbons (Fsp3) is 0.160. The van der Waals surface area contributed by atoms with Crippen molar-refractivity contribution in [1.82, 2.24) is 4.57 Å². The van der Waals surface area contributed by atoms with Crippen LogP contribution >= 0.6 is 11.6 Å². The van der Waals surface area contributed by atoms with Gasteiger partial charge >= 0.3 is 0 Å². The number of nitrogens with one attached hydrogen (secondary N) is 1. The molecule has 0 bridgehead atoms. The third-order valence-electron chi connectivity index (χ3n) is 5.18. The van der Waals surface area contributed by atoms with Crippen LogP contribution in [-0.4, -0.2) is 17.6 Å². The topological polar surface area (TPSA) is 52.5 Å². The van der Waals surface area contributed by atoms with Gasteiger partial charge in [0.25, 0.3) is 0 Å². The van der Waals surface area contributed by atoms with Gasteiger partial charge in [-0.25, -0.2) is 0 Å². The molecule has 0 aliphatic rings. The minimum Gasteiger partial charge on any atom is -0.495 e. The molecule has 158 valence electrons. The van der Waals surface area contributed by atoms with Gasteiger partial charge in [0.15, 0.2) is 0 Å². The largest absolute Gasteiger partial charge is 0.495 e. The van der Waals surface area contributed by atoms with Crippen LogP contribution in [0.25, 0.3) is 10.9 Å². The molecule has 1 aromatic heterocycles. The van der Waals surface area contributed by atoms with Crippen LogP contribution in [0.2, 0.25) is 5.02 Å². The van der Waals surface area contributed by atoms with Crippen molar-refractivity contribution in [2.24, 2.45) is 0 Å². The molecule has 5 nitrogen and oxygen atoms in total. The summed E-state index contributed by atoms with van der Waals surface area (Å²) >= 11 is 6.08. The van der Waals surface area contributed by atoms with Gasteiger partial charge in [-0.05, 0) is 48.9 Å². The van der Waals surface area contributed by atoms with E-state index in [-0.39, 0.29) is 5.91 Å². The highest BCUT2D eigenvalue weighted by molar-refractivity contribution is 6.31. The molecular formula is C25H23ClN2O3. The van der Waals surface area contributed by atoms with E-state index in [9.17, 15) is 4.79 Å². The van der Waals surface area contributed by atoms with Crippen LogP contribution in [0, 0.1) is 0 Å². The summed E-state index contributed by atoms with van der Waals surface area (Å²) in [6, 6.07) is 22.5. The minimum absolute atomic E-state index is 0.173. The van der Waals surface area contributed by atoms with Crippen LogP contribution < -0.4 is 14.8 Å². The van der Waals surface area contributed by atoms with Gasteiger partial charge in [-0.1, -0.05) is 48.0 Å². The number of hydrogen-bond donors (Lipinski definition) is 1. The maximum absolute atomic E-state index is 13.0. The minimum atomic E-state index is -0.453. The first-order valence-electron chi connectivity index (χ1n) is 9.97. The lowest BCUT2D eigenvalue weighted by atomic mass is 10.2. The molecule has 31 heavy (non-hydrogen) atoms. The fourth-order valence-corrected chi connectivity index (χ4v) is 3.67. The van der Waals surface area contributed by atoms with Gasteiger partial charge in [-0.3, -0.25) is 4.79 Å². The van der Waals surface area contributed by atoms with E-state index in [1.807, 2.05) is 72.3 Å². The lowest BCUT2D eigenvalue weighted by molar-refractivity contribution is -0.118. The van der Waals surface area contributed by atoms with Crippen molar-refractivity contribution in [3.8, 4) is 11.5 Å². The molecule has 0 spiro atoms. The van der Waals surface area contributed by atoms with Crippen LogP contribution in [0.15, 0.2) is 79.0 Å². The van der Waals surface area contributed by atoms with Gasteiger partial charge in [0.2, 0.25) is 5.91 Å². The number of nitrogens with zero attached hydrogens (tertiary/aromatic N) is 1. The Morgan fingerprint density at radius 3 is 2.61 bits per heavy atom. The number of aromatic nitrogens is 1. The molecule has 0 saturated carbocycles. The van der Waals surface area contributed by atoms with E-state index in [1.54, 1.807) is 25.3 Å². The quantitative estimate of drug-likeness (QED) is 0.383. The summed E-state index contributed by atoms with van der Waals surface area (Å²) in [5.41, 5.74) is 2.56. The Bertz CT molecular complexity index is 1200. The third kappa shape index (κ3) is 4.52. The highest BCUT2D eigenvalue weighted by Crippen LogP contribution is 2.31. The van der Waals surface area contributed by atoms with Gasteiger partial charge in [0.1, 0.15) is 24.1 Å². The van der Waals surface area contributed by atoms with Crippen LogP contribution in [0.3, 0.4) is 0 Å². The average molecular weight is 435 g/mol. The molecule has 1 unspecified atom stereocenters. The van der Waals surface area contributed by atoms with Gasteiger partial charge in [0, 0.05) is 16.6 Å². The molecule has 6 heteroatoms. The number of carbonyl (C=O) groups excluding carboxylic acids is 1. The summed E-state index contributed by atoms with van der Waals surface area (Å²) < 4.78 is 13.3. The predicted molar refractivity (Wildman–Crippen MR) is 124 cm³/mol. The normalized spacial score (nSPS) is 11.8. The maximum atomic E-state index is 13.0. The number of carbonyl (C=O) groups is 1. The van der Waals surface area contributed by atoms with Crippen LogP contribution in [-0.2, 0) is 11.4 Å². The van der Waals surface area contributed by atoms with E-state index in [0.29, 0.717) is 23.1 Å². The number of hydrogen-bond acceptors (Lipinski definition) is 3. The Kier molecular flexibility index (Phi) is 6.14. The van der Waals surface area contributed by atoms with Crippen molar-refractivity contribution in [2.75, 3.05) is 12.4 Å². The Morgan fingerprint density at radius 2 is 1.84 bits per heavy atom. The molecule has 1 heterocycles. The molecule has 0 saturated heterocycles. The van der Waals surface area contributed by atoms with Gasteiger partial charge in [0.05, 0.1) is 18.3 Å². The predicted octanol–water partition coefficient (Wildman–Crippen LogP) is 6.08. The molecule has 4 aromatic rings. The number of benzene rings is 3. The first-order chi connectivity index (χ1) is 15.1. The molecule has 1 atom stereocenters. The number of anilines is 1. The highest BCUT2D eigenvalue weighted by Gasteiger charge is 2.19. The number of amides is 1. The number of fused-ring (bicyclic) bond motifs is 1. The van der Waals surface area contributed by atoms with E-state index in [4.69, 9.17) is 21.1 Å². The average Bonchev–Trinajstić information content (AvgIpc) is 3.23. The second-order valence-electron chi connectivity index (χ2n) is 7.20. The zero-order valence-electron chi connectivity index (χ0n) is 17.3. The second-order valence-corrected chi connectivity index (χ2v) is 7.63.